The molecule has 304 valence electrons. The van der Waals surface area contributed by atoms with Crippen molar-refractivity contribution < 1.29 is 4.42 Å². The van der Waals surface area contributed by atoms with E-state index in [4.69, 9.17) is 11.0 Å². The molecule has 0 saturated carbocycles. The van der Waals surface area contributed by atoms with E-state index in [-0.39, 0.29) is 0 Å². The van der Waals surface area contributed by atoms with E-state index in [9.17, 15) is 5.26 Å². The number of allylic oxidation sites excluding steroid dienone is 4. The predicted octanol–water partition coefficient (Wildman–Crippen LogP) is 15.9. The van der Waals surface area contributed by atoms with Crippen molar-refractivity contribution in [2.45, 2.75) is 6.92 Å². The van der Waals surface area contributed by atoms with Crippen LogP contribution in [-0.4, -0.2) is 13.7 Å². The lowest BCUT2D eigenvalue weighted by molar-refractivity contribution is 0.673. The van der Waals surface area contributed by atoms with Crippen LogP contribution in [0.25, 0.3) is 115 Å². The first-order valence-corrected chi connectivity index (χ1v) is 21.5. The van der Waals surface area contributed by atoms with Gasteiger partial charge in [-0.1, -0.05) is 122 Å². The summed E-state index contributed by atoms with van der Waals surface area (Å²) in [5.41, 5.74) is 14.5. The number of nitrogens with zero attached hydrogens (tertiary/aromatic N) is 5. The Morgan fingerprint density at radius 3 is 2.15 bits per heavy atom. The number of hydrogen-bond acceptors (Lipinski definition) is 2. The van der Waals surface area contributed by atoms with Gasteiger partial charge in [0.15, 0.2) is 0 Å². The Bertz CT molecular complexity index is 4130. The molecule has 65 heavy (non-hydrogen) atoms. The van der Waals surface area contributed by atoms with Crippen molar-refractivity contribution in [3.63, 3.8) is 0 Å². The van der Waals surface area contributed by atoms with Crippen LogP contribution in [-0.2, 0) is 0 Å². The smallest absolute Gasteiger partial charge is 0.212 e. The first kappa shape index (κ1) is 37.6. The summed E-state index contributed by atoms with van der Waals surface area (Å²) in [7, 11) is 0. The maximum atomic E-state index is 11.2. The topological polar surface area (TPSA) is 56.1 Å². The molecule has 0 unspecified atom stereocenters. The van der Waals surface area contributed by atoms with Crippen molar-refractivity contribution >= 4 is 87.7 Å². The molecule has 0 atom stereocenters. The largest absolute Gasteiger partial charge is 0.455 e. The Morgan fingerprint density at radius 1 is 0.615 bits per heavy atom. The molecule has 8 aromatic carbocycles. The molecule has 0 N–H and O–H groups in total. The number of fused-ring (bicyclic) bond motifs is 11. The number of furan rings is 1. The van der Waals surface area contributed by atoms with Crippen LogP contribution >= 0.6 is 0 Å². The van der Waals surface area contributed by atoms with Crippen LogP contribution in [0.15, 0.2) is 200 Å². The molecule has 0 aliphatic heterocycles. The van der Waals surface area contributed by atoms with Gasteiger partial charge in [0.25, 0.3) is 0 Å². The normalized spacial score (nSPS) is 12.0. The van der Waals surface area contributed by atoms with E-state index in [1.807, 2.05) is 48.6 Å². The van der Waals surface area contributed by atoms with Gasteiger partial charge in [0.1, 0.15) is 17.2 Å². The van der Waals surface area contributed by atoms with Gasteiger partial charge in [-0.25, -0.2) is 4.85 Å². The Morgan fingerprint density at radius 2 is 1.34 bits per heavy atom. The summed E-state index contributed by atoms with van der Waals surface area (Å²) < 4.78 is 13.5. The molecule has 0 amide bonds. The zero-order chi connectivity index (χ0) is 43.9. The van der Waals surface area contributed by atoms with Gasteiger partial charge in [0.05, 0.1) is 56.5 Å². The number of benzene rings is 8. The van der Waals surface area contributed by atoms with E-state index in [1.54, 1.807) is 18.2 Å². The van der Waals surface area contributed by atoms with E-state index in [1.165, 1.54) is 5.39 Å². The highest BCUT2D eigenvalue weighted by molar-refractivity contribution is 6.24. The van der Waals surface area contributed by atoms with Gasteiger partial charge < -0.3 is 18.1 Å². The van der Waals surface area contributed by atoms with E-state index >= 15 is 0 Å². The van der Waals surface area contributed by atoms with Crippen molar-refractivity contribution in [3.05, 3.63) is 223 Å². The monoisotopic (exact) mass is 831 g/mol. The summed E-state index contributed by atoms with van der Waals surface area (Å²) in [4.78, 5) is 4.22. The third-order valence-electron chi connectivity index (χ3n) is 13.0. The number of rotatable bonds is 7. The molecule has 0 radical (unpaired) electrons. The highest BCUT2D eigenvalue weighted by atomic mass is 16.3. The predicted molar refractivity (Wildman–Crippen MR) is 269 cm³/mol. The van der Waals surface area contributed by atoms with Crippen molar-refractivity contribution in [1.29, 1.82) is 5.26 Å². The minimum Gasteiger partial charge on any atom is -0.455 e. The molecule has 0 saturated heterocycles. The van der Waals surface area contributed by atoms with Crippen molar-refractivity contribution in [2.24, 2.45) is 0 Å². The number of para-hydroxylation sites is 2. The van der Waals surface area contributed by atoms with Crippen LogP contribution in [0, 0.1) is 24.8 Å². The lowest BCUT2D eigenvalue weighted by Gasteiger charge is -2.20. The molecule has 0 bridgehead atoms. The molecule has 4 heterocycles. The summed E-state index contributed by atoms with van der Waals surface area (Å²) in [6.45, 7) is 18.9. The molecule has 6 nitrogen and oxygen atoms in total. The number of aromatic nitrogens is 3. The fourth-order valence-corrected chi connectivity index (χ4v) is 10.1. The average molecular weight is 832 g/mol. The Kier molecular flexibility index (Phi) is 8.39. The molecule has 0 aliphatic carbocycles. The van der Waals surface area contributed by atoms with Crippen LogP contribution in [0.2, 0.25) is 0 Å². The van der Waals surface area contributed by atoms with Crippen LogP contribution in [0.1, 0.15) is 16.8 Å². The number of nitriles is 1. The quantitative estimate of drug-likeness (QED) is 0.119. The van der Waals surface area contributed by atoms with Gasteiger partial charge in [-0.2, -0.15) is 5.26 Å². The third kappa shape index (κ3) is 5.52. The highest BCUT2D eigenvalue weighted by Crippen LogP contribution is 2.47. The van der Waals surface area contributed by atoms with Crippen LogP contribution in [0.5, 0.6) is 0 Å². The molecule has 0 aliphatic rings. The molecule has 4 aromatic heterocycles. The maximum absolute atomic E-state index is 11.2. The highest BCUT2D eigenvalue weighted by Gasteiger charge is 2.27. The summed E-state index contributed by atoms with van der Waals surface area (Å²) in [6.07, 6.45) is 5.57. The summed E-state index contributed by atoms with van der Waals surface area (Å²) in [5.74, 6) is 0. The lowest BCUT2D eigenvalue weighted by atomic mass is 10.00. The zero-order valence-electron chi connectivity index (χ0n) is 35.4. The molecular formula is C59H37N5O. The lowest BCUT2D eigenvalue weighted by Crippen LogP contribution is -2.06. The minimum absolute atomic E-state index is 0.411. The van der Waals surface area contributed by atoms with Gasteiger partial charge in [-0.15, -0.1) is 0 Å². The molecular weight excluding hydrogens is 795 g/mol. The van der Waals surface area contributed by atoms with Crippen molar-refractivity contribution in [1.82, 2.24) is 13.7 Å². The molecule has 0 fully saturated rings. The van der Waals surface area contributed by atoms with Gasteiger partial charge in [0, 0.05) is 43.7 Å². The summed E-state index contributed by atoms with van der Waals surface area (Å²) >= 11 is 0. The fourth-order valence-electron chi connectivity index (χ4n) is 10.1. The van der Waals surface area contributed by atoms with E-state index in [0.29, 0.717) is 22.6 Å². The van der Waals surface area contributed by atoms with E-state index < -0.39 is 0 Å². The first-order valence-electron chi connectivity index (χ1n) is 21.5. The van der Waals surface area contributed by atoms with Gasteiger partial charge in [-0.05, 0) is 102 Å². The molecule has 6 heteroatoms. The molecule has 0 spiro atoms. The van der Waals surface area contributed by atoms with E-state index in [0.717, 1.165) is 105 Å². The molecule has 12 rings (SSSR count). The summed E-state index contributed by atoms with van der Waals surface area (Å²) in [6, 6.07) is 59.0. The van der Waals surface area contributed by atoms with Crippen molar-refractivity contribution in [3.8, 4) is 34.3 Å². The number of hydrogen-bond donors (Lipinski definition) is 0. The second-order valence-electron chi connectivity index (χ2n) is 16.4. The minimum atomic E-state index is 0.411. The van der Waals surface area contributed by atoms with Gasteiger partial charge in [0.2, 0.25) is 5.69 Å². The zero-order valence-corrected chi connectivity index (χ0v) is 35.4. The fraction of sp³-hybridized carbons (Fsp3) is 0.0169. The standard InChI is InChI=1S/C59H37N5O/c1-5-14-37(6-2)39-22-27-51-46(32-39)47-33-40(38-15-8-7-9-16-38)23-28-52(47)63(51)57-42(35-60)21-26-49(61-4)58(57)64-53-29-24-43(62-36(3)31-41-17-10-12-19-50(41)62)34-48(53)56-54(64)30-25-45-44-18-11-13-20-55(44)65-59(45)56/h5-34H,1-2H2,3H3/b37-14+. The summed E-state index contributed by atoms with van der Waals surface area (Å²) in [5, 5.41) is 18.3. The average Bonchev–Trinajstić information content (AvgIpc) is 4.09. The van der Waals surface area contributed by atoms with Crippen LogP contribution < -0.4 is 0 Å². The van der Waals surface area contributed by atoms with Crippen LogP contribution in [0.4, 0.5) is 5.69 Å². The number of aryl methyl sites for hydroxylation is 1. The van der Waals surface area contributed by atoms with Crippen LogP contribution in [0.3, 0.4) is 0 Å². The second kappa shape index (κ2) is 14.5. The first-order chi connectivity index (χ1) is 32.0. The second-order valence-corrected chi connectivity index (χ2v) is 16.4. The Hall–Kier alpha value is -9.10. The Balaban J connectivity index is 1.23. The van der Waals surface area contributed by atoms with Gasteiger partial charge in [-0.3, -0.25) is 0 Å². The molecule has 12 aromatic rings. The third-order valence-corrected chi connectivity index (χ3v) is 13.0. The van der Waals surface area contributed by atoms with E-state index in [2.05, 4.69) is 160 Å². The van der Waals surface area contributed by atoms with Crippen molar-refractivity contribution in [2.75, 3.05) is 0 Å². The van der Waals surface area contributed by atoms with Gasteiger partial charge >= 0.3 is 0 Å². The maximum Gasteiger partial charge on any atom is 0.212 e. The SMILES string of the molecule is [C-]#[N+]c1ccc(C#N)c(-n2c3ccc(/C(C=C)=C/C=C)cc3c3cc(-c4ccccc4)ccc32)c1-n1c2ccc(-n3c(C)cc4ccccc43)cc2c2c3oc4ccccc4c3ccc21. The Labute approximate surface area is 374 Å².